The summed E-state index contributed by atoms with van der Waals surface area (Å²) in [6.45, 7) is 5.61. The summed E-state index contributed by atoms with van der Waals surface area (Å²) < 4.78 is 0. The molecule has 1 unspecified atom stereocenters. The van der Waals surface area contributed by atoms with Crippen LogP contribution in [0.15, 0.2) is 6.33 Å². The van der Waals surface area contributed by atoms with Crippen molar-refractivity contribution in [3.63, 3.8) is 0 Å². The third-order valence-electron chi connectivity index (χ3n) is 4.04. The van der Waals surface area contributed by atoms with Crippen LogP contribution in [0.5, 0.6) is 0 Å². The molecule has 1 aliphatic heterocycles. The Kier molecular flexibility index (Phi) is 5.17. The average molecular weight is 278 g/mol. The highest BCUT2D eigenvalue weighted by Crippen LogP contribution is 2.34. The molecule has 0 spiro atoms. The van der Waals surface area contributed by atoms with E-state index in [1.807, 2.05) is 7.05 Å². The fraction of sp³-hybridized carbons (Fsp3) is 0.733. The predicted octanol–water partition coefficient (Wildman–Crippen LogP) is 2.38. The molecule has 5 nitrogen and oxygen atoms in total. The molecule has 1 fully saturated rings. The van der Waals surface area contributed by atoms with E-state index in [0.29, 0.717) is 12.0 Å². The van der Waals surface area contributed by atoms with Crippen molar-refractivity contribution in [3.8, 4) is 0 Å². The molecule has 0 amide bonds. The van der Waals surface area contributed by atoms with Crippen LogP contribution >= 0.6 is 0 Å². The molecule has 1 aromatic rings. The topological polar surface area (TPSA) is 61.3 Å². The molecule has 1 saturated heterocycles. The number of hydrogen-bond acceptors (Lipinski definition) is 5. The van der Waals surface area contributed by atoms with E-state index in [0.717, 1.165) is 31.0 Å². The van der Waals surface area contributed by atoms with Gasteiger partial charge in [0.25, 0.3) is 0 Å². The number of hydrogen-bond donors (Lipinski definition) is 2. The van der Waals surface area contributed by atoms with Crippen molar-refractivity contribution in [2.45, 2.75) is 51.5 Å². The van der Waals surface area contributed by atoms with E-state index >= 15 is 0 Å². The van der Waals surface area contributed by atoms with Gasteiger partial charge >= 0.3 is 0 Å². The molecule has 2 N–H and O–H groups in total. The average Bonchev–Trinajstić information content (AvgIpc) is 2.47. The summed E-state index contributed by atoms with van der Waals surface area (Å²) >= 11 is 0. The highest BCUT2D eigenvalue weighted by Gasteiger charge is 2.27. The van der Waals surface area contributed by atoms with Crippen LogP contribution in [0, 0.1) is 0 Å². The van der Waals surface area contributed by atoms with Gasteiger partial charge in [-0.1, -0.05) is 13.8 Å². The van der Waals surface area contributed by atoms with Gasteiger partial charge in [-0.05, 0) is 31.6 Å². The Morgan fingerprint density at radius 3 is 2.85 bits per heavy atom. The molecule has 1 atom stereocenters. The molecule has 0 radical (unpaired) electrons. The van der Waals surface area contributed by atoms with Crippen LogP contribution in [0.4, 0.5) is 11.6 Å². The Hall–Kier alpha value is -1.36. The third kappa shape index (κ3) is 3.03. The minimum Gasteiger partial charge on any atom is -0.396 e. The van der Waals surface area contributed by atoms with Crippen LogP contribution in [0.25, 0.3) is 0 Å². The number of aliphatic hydroxyl groups excluding tert-OH is 1. The summed E-state index contributed by atoms with van der Waals surface area (Å²) in [6, 6.07) is 0.394. The van der Waals surface area contributed by atoms with Crippen LogP contribution in [-0.4, -0.2) is 41.3 Å². The summed E-state index contributed by atoms with van der Waals surface area (Å²) in [4.78, 5) is 11.3. The van der Waals surface area contributed by atoms with Gasteiger partial charge in [-0.25, -0.2) is 9.97 Å². The summed E-state index contributed by atoms with van der Waals surface area (Å²) in [5.41, 5.74) is 1.18. The standard InChI is InChI=1S/C15H26N4O/c1-11(2)13-14(16-3)17-10-18-15(13)19-8-5-4-6-12(19)7-9-20/h10-12,20H,4-9H2,1-3H3,(H,16,17,18). The number of nitrogens with zero attached hydrogens (tertiary/aromatic N) is 3. The van der Waals surface area contributed by atoms with Gasteiger partial charge < -0.3 is 15.3 Å². The molecule has 20 heavy (non-hydrogen) atoms. The number of rotatable bonds is 5. The largest absolute Gasteiger partial charge is 0.396 e. The van der Waals surface area contributed by atoms with Gasteiger partial charge in [0.05, 0.1) is 0 Å². The Morgan fingerprint density at radius 1 is 1.40 bits per heavy atom. The quantitative estimate of drug-likeness (QED) is 0.866. The summed E-state index contributed by atoms with van der Waals surface area (Å²) in [7, 11) is 1.90. The summed E-state index contributed by atoms with van der Waals surface area (Å²) in [6.07, 6.45) is 6.02. The van der Waals surface area contributed by atoms with Gasteiger partial charge in [-0.2, -0.15) is 0 Å². The second-order valence-electron chi connectivity index (χ2n) is 5.72. The lowest BCUT2D eigenvalue weighted by atomic mass is 9.97. The van der Waals surface area contributed by atoms with Crippen molar-refractivity contribution < 1.29 is 5.11 Å². The van der Waals surface area contributed by atoms with Gasteiger partial charge in [-0.3, -0.25) is 0 Å². The van der Waals surface area contributed by atoms with Crippen LogP contribution < -0.4 is 10.2 Å². The van der Waals surface area contributed by atoms with E-state index in [9.17, 15) is 5.11 Å². The van der Waals surface area contributed by atoms with Crippen molar-refractivity contribution in [1.29, 1.82) is 0 Å². The molecule has 5 heteroatoms. The number of aromatic nitrogens is 2. The first kappa shape index (κ1) is 15.0. The Bertz CT molecular complexity index is 434. The lowest BCUT2D eigenvalue weighted by Gasteiger charge is -2.38. The normalized spacial score (nSPS) is 19.4. The fourth-order valence-corrected chi connectivity index (χ4v) is 3.07. The van der Waals surface area contributed by atoms with E-state index < -0.39 is 0 Å². The van der Waals surface area contributed by atoms with E-state index in [1.165, 1.54) is 18.4 Å². The first-order valence-corrected chi connectivity index (χ1v) is 7.59. The summed E-state index contributed by atoms with van der Waals surface area (Å²) in [5.74, 6) is 2.32. The zero-order chi connectivity index (χ0) is 14.5. The molecule has 0 saturated carbocycles. The van der Waals surface area contributed by atoms with Gasteiger partial charge in [0.2, 0.25) is 0 Å². The number of anilines is 2. The molecule has 0 aromatic carbocycles. The molecule has 0 aliphatic carbocycles. The monoisotopic (exact) mass is 278 g/mol. The molecule has 1 aliphatic rings. The minimum atomic E-state index is 0.238. The second-order valence-corrected chi connectivity index (χ2v) is 5.72. The van der Waals surface area contributed by atoms with Crippen LogP contribution in [-0.2, 0) is 0 Å². The Balaban J connectivity index is 2.39. The van der Waals surface area contributed by atoms with E-state index in [4.69, 9.17) is 0 Å². The third-order valence-corrected chi connectivity index (χ3v) is 4.04. The van der Waals surface area contributed by atoms with Crippen LogP contribution in [0.1, 0.15) is 51.0 Å². The minimum absolute atomic E-state index is 0.238. The second kappa shape index (κ2) is 6.88. The highest BCUT2D eigenvalue weighted by molar-refractivity contribution is 5.60. The van der Waals surface area contributed by atoms with E-state index in [-0.39, 0.29) is 6.61 Å². The Morgan fingerprint density at radius 2 is 2.20 bits per heavy atom. The van der Waals surface area contributed by atoms with Gasteiger partial charge in [0, 0.05) is 31.8 Å². The van der Waals surface area contributed by atoms with Crippen LogP contribution in [0.3, 0.4) is 0 Å². The molecule has 1 aromatic heterocycles. The zero-order valence-electron chi connectivity index (χ0n) is 12.8. The van der Waals surface area contributed by atoms with Crippen molar-refractivity contribution >= 4 is 11.6 Å². The van der Waals surface area contributed by atoms with Crippen molar-refractivity contribution in [1.82, 2.24) is 9.97 Å². The zero-order valence-corrected chi connectivity index (χ0v) is 12.8. The highest BCUT2D eigenvalue weighted by atomic mass is 16.3. The van der Waals surface area contributed by atoms with Crippen molar-refractivity contribution in [2.75, 3.05) is 30.4 Å². The maximum atomic E-state index is 9.29. The van der Waals surface area contributed by atoms with Gasteiger partial charge in [-0.15, -0.1) is 0 Å². The maximum Gasteiger partial charge on any atom is 0.137 e. The van der Waals surface area contributed by atoms with Crippen molar-refractivity contribution in [3.05, 3.63) is 11.9 Å². The molecular formula is C15H26N4O. The number of nitrogens with one attached hydrogen (secondary N) is 1. The molecule has 2 heterocycles. The lowest BCUT2D eigenvalue weighted by molar-refractivity contribution is 0.262. The smallest absolute Gasteiger partial charge is 0.137 e. The molecule has 112 valence electrons. The van der Waals surface area contributed by atoms with E-state index in [1.54, 1.807) is 6.33 Å². The van der Waals surface area contributed by atoms with Crippen molar-refractivity contribution in [2.24, 2.45) is 0 Å². The maximum absolute atomic E-state index is 9.29. The SMILES string of the molecule is CNc1ncnc(N2CCCCC2CCO)c1C(C)C. The molecule has 0 bridgehead atoms. The number of piperidine rings is 1. The first-order valence-electron chi connectivity index (χ1n) is 7.59. The molecular weight excluding hydrogens is 252 g/mol. The fourth-order valence-electron chi connectivity index (χ4n) is 3.07. The number of aliphatic hydroxyl groups is 1. The molecule has 2 rings (SSSR count). The Labute approximate surface area is 121 Å². The van der Waals surface area contributed by atoms with E-state index in [2.05, 4.69) is 34.0 Å². The summed E-state index contributed by atoms with van der Waals surface area (Å²) in [5, 5.41) is 12.5. The van der Waals surface area contributed by atoms with Gasteiger partial charge in [0.15, 0.2) is 0 Å². The van der Waals surface area contributed by atoms with Gasteiger partial charge in [0.1, 0.15) is 18.0 Å². The first-order chi connectivity index (χ1) is 9.69. The lowest BCUT2D eigenvalue weighted by Crippen LogP contribution is -2.41. The van der Waals surface area contributed by atoms with Crippen LogP contribution in [0.2, 0.25) is 0 Å². The predicted molar refractivity (Wildman–Crippen MR) is 82.4 cm³/mol.